The van der Waals surface area contributed by atoms with Crippen molar-refractivity contribution in [3.8, 4) is 0 Å². The fourth-order valence-electron chi connectivity index (χ4n) is 2.82. The average molecular weight is 247 g/mol. The average Bonchev–Trinajstić information content (AvgIpc) is 2.74. The lowest BCUT2D eigenvalue weighted by molar-refractivity contribution is 0.994. The van der Waals surface area contributed by atoms with Gasteiger partial charge in [-0.15, -0.1) is 0 Å². The van der Waals surface area contributed by atoms with Gasteiger partial charge in [0.15, 0.2) is 0 Å². The first-order valence-electron chi connectivity index (χ1n) is 6.29. The first-order chi connectivity index (χ1) is 9.27. The SMILES string of the molecule is Cn1c2ccccc2c2c(N)c3ccccc3nc21. The van der Waals surface area contributed by atoms with E-state index < -0.39 is 0 Å². The third-order valence-corrected chi connectivity index (χ3v) is 3.77. The summed E-state index contributed by atoms with van der Waals surface area (Å²) in [7, 11) is 2.03. The summed E-state index contributed by atoms with van der Waals surface area (Å²) < 4.78 is 2.10. The first kappa shape index (κ1) is 10.4. The van der Waals surface area contributed by atoms with Gasteiger partial charge >= 0.3 is 0 Å². The lowest BCUT2D eigenvalue weighted by Gasteiger charge is -2.04. The Bertz CT molecular complexity index is 935. The Kier molecular flexibility index (Phi) is 1.90. The maximum absolute atomic E-state index is 6.38. The number of aromatic nitrogens is 2. The Balaban J connectivity index is 2.38. The molecule has 0 amide bonds. The second-order valence-electron chi connectivity index (χ2n) is 4.82. The molecule has 2 N–H and O–H groups in total. The largest absolute Gasteiger partial charge is 0.398 e. The molecule has 0 aliphatic heterocycles. The van der Waals surface area contributed by atoms with Gasteiger partial charge in [-0.25, -0.2) is 4.98 Å². The molecule has 2 aromatic heterocycles. The molecule has 0 saturated heterocycles. The van der Waals surface area contributed by atoms with E-state index in [1.54, 1.807) is 0 Å². The van der Waals surface area contributed by atoms with Crippen molar-refractivity contribution in [3.05, 3.63) is 48.5 Å². The van der Waals surface area contributed by atoms with Crippen molar-refractivity contribution >= 4 is 38.5 Å². The summed E-state index contributed by atoms with van der Waals surface area (Å²) in [4.78, 5) is 4.76. The van der Waals surface area contributed by atoms with Crippen molar-refractivity contribution < 1.29 is 0 Å². The molecule has 3 nitrogen and oxygen atoms in total. The number of pyridine rings is 1. The minimum Gasteiger partial charge on any atom is -0.398 e. The standard InChI is InChI=1S/C16H13N3/c1-19-13-9-5-3-7-11(13)14-15(17)10-6-2-4-8-12(10)18-16(14)19/h2-9H,1H3,(H2,17,18). The zero-order chi connectivity index (χ0) is 13.0. The minimum absolute atomic E-state index is 0.817. The third kappa shape index (κ3) is 1.24. The second-order valence-corrected chi connectivity index (χ2v) is 4.82. The van der Waals surface area contributed by atoms with Gasteiger partial charge in [-0.05, 0) is 12.1 Å². The van der Waals surface area contributed by atoms with E-state index in [0.717, 1.165) is 38.5 Å². The number of fused-ring (bicyclic) bond motifs is 4. The van der Waals surface area contributed by atoms with Crippen molar-refractivity contribution in [2.24, 2.45) is 7.05 Å². The molecule has 4 rings (SSSR count). The van der Waals surface area contributed by atoms with E-state index in [1.807, 2.05) is 43.4 Å². The number of para-hydroxylation sites is 2. The number of benzene rings is 2. The summed E-state index contributed by atoms with van der Waals surface area (Å²) in [5.41, 5.74) is 10.2. The van der Waals surface area contributed by atoms with Crippen molar-refractivity contribution in [2.45, 2.75) is 0 Å². The van der Waals surface area contributed by atoms with E-state index >= 15 is 0 Å². The number of nitrogen functional groups attached to an aromatic ring is 1. The fraction of sp³-hybridized carbons (Fsp3) is 0.0625. The minimum atomic E-state index is 0.817. The lowest BCUT2D eigenvalue weighted by Crippen LogP contribution is -1.94. The molecule has 2 aromatic carbocycles. The zero-order valence-electron chi connectivity index (χ0n) is 10.6. The van der Waals surface area contributed by atoms with Gasteiger partial charge < -0.3 is 10.3 Å². The van der Waals surface area contributed by atoms with Crippen LogP contribution in [0.5, 0.6) is 0 Å². The van der Waals surface area contributed by atoms with Gasteiger partial charge in [0.2, 0.25) is 0 Å². The van der Waals surface area contributed by atoms with Crippen LogP contribution in [-0.4, -0.2) is 9.55 Å². The van der Waals surface area contributed by atoms with Crippen LogP contribution in [0.4, 0.5) is 5.69 Å². The number of anilines is 1. The molecule has 0 aliphatic rings. The highest BCUT2D eigenvalue weighted by atomic mass is 15.0. The van der Waals surface area contributed by atoms with Crippen LogP contribution in [0.15, 0.2) is 48.5 Å². The van der Waals surface area contributed by atoms with E-state index in [1.165, 1.54) is 0 Å². The highest BCUT2D eigenvalue weighted by Crippen LogP contribution is 2.35. The van der Waals surface area contributed by atoms with Crippen molar-refractivity contribution in [2.75, 3.05) is 5.73 Å². The van der Waals surface area contributed by atoms with Crippen LogP contribution in [0.25, 0.3) is 32.8 Å². The Hall–Kier alpha value is -2.55. The van der Waals surface area contributed by atoms with Gasteiger partial charge in [-0.3, -0.25) is 0 Å². The molecule has 0 saturated carbocycles. The van der Waals surface area contributed by atoms with Crippen LogP contribution in [0.1, 0.15) is 0 Å². The van der Waals surface area contributed by atoms with E-state index in [-0.39, 0.29) is 0 Å². The smallest absolute Gasteiger partial charge is 0.143 e. The second kappa shape index (κ2) is 3.48. The summed E-state index contributed by atoms with van der Waals surface area (Å²) in [6, 6.07) is 16.3. The predicted octanol–water partition coefficient (Wildman–Crippen LogP) is 3.46. The molecule has 0 spiro atoms. The molecule has 0 fully saturated rings. The Morgan fingerprint density at radius 1 is 0.947 bits per heavy atom. The summed E-state index contributed by atoms with van der Waals surface area (Å²) in [5, 5.41) is 3.24. The molecule has 0 aliphatic carbocycles. The van der Waals surface area contributed by atoms with Crippen molar-refractivity contribution in [1.29, 1.82) is 0 Å². The number of hydrogen-bond acceptors (Lipinski definition) is 2. The third-order valence-electron chi connectivity index (χ3n) is 3.77. The van der Waals surface area contributed by atoms with Gasteiger partial charge in [0.05, 0.1) is 22.1 Å². The monoisotopic (exact) mass is 247 g/mol. The fourth-order valence-corrected chi connectivity index (χ4v) is 2.82. The first-order valence-corrected chi connectivity index (χ1v) is 6.29. The number of nitrogens with two attached hydrogens (primary N) is 1. The quantitative estimate of drug-likeness (QED) is 0.517. The molecule has 92 valence electrons. The normalized spacial score (nSPS) is 11.6. The van der Waals surface area contributed by atoms with Crippen molar-refractivity contribution in [3.63, 3.8) is 0 Å². The molecule has 0 unspecified atom stereocenters. The Morgan fingerprint density at radius 3 is 2.47 bits per heavy atom. The lowest BCUT2D eigenvalue weighted by atomic mass is 10.1. The van der Waals surface area contributed by atoms with Gasteiger partial charge in [0.25, 0.3) is 0 Å². The summed E-state index contributed by atoms with van der Waals surface area (Å²) in [6.07, 6.45) is 0. The van der Waals surface area contributed by atoms with Crippen LogP contribution >= 0.6 is 0 Å². The van der Waals surface area contributed by atoms with E-state index in [4.69, 9.17) is 10.7 Å². The number of rotatable bonds is 0. The predicted molar refractivity (Wildman–Crippen MR) is 80.1 cm³/mol. The highest BCUT2D eigenvalue weighted by molar-refractivity contribution is 6.18. The van der Waals surface area contributed by atoms with E-state index in [2.05, 4.69) is 16.7 Å². The number of hydrogen-bond donors (Lipinski definition) is 1. The van der Waals surface area contributed by atoms with E-state index in [9.17, 15) is 0 Å². The summed E-state index contributed by atoms with van der Waals surface area (Å²) >= 11 is 0. The molecule has 2 heterocycles. The van der Waals surface area contributed by atoms with Gasteiger partial charge in [0, 0.05) is 17.8 Å². The molecule has 0 bridgehead atoms. The molecule has 0 radical (unpaired) electrons. The molecular weight excluding hydrogens is 234 g/mol. The van der Waals surface area contributed by atoms with Crippen molar-refractivity contribution in [1.82, 2.24) is 9.55 Å². The van der Waals surface area contributed by atoms with Gasteiger partial charge in [0.1, 0.15) is 5.65 Å². The molecular formula is C16H13N3. The molecule has 0 atom stereocenters. The maximum atomic E-state index is 6.38. The highest BCUT2D eigenvalue weighted by Gasteiger charge is 2.14. The Labute approximate surface area is 110 Å². The summed E-state index contributed by atoms with van der Waals surface area (Å²) in [5.74, 6) is 0. The van der Waals surface area contributed by atoms with Crippen LogP contribution in [0.3, 0.4) is 0 Å². The zero-order valence-corrected chi connectivity index (χ0v) is 10.6. The molecule has 4 aromatic rings. The maximum Gasteiger partial charge on any atom is 0.143 e. The van der Waals surface area contributed by atoms with Gasteiger partial charge in [-0.2, -0.15) is 0 Å². The van der Waals surface area contributed by atoms with E-state index in [0.29, 0.717) is 0 Å². The van der Waals surface area contributed by atoms with Gasteiger partial charge in [-0.1, -0.05) is 36.4 Å². The number of aryl methyl sites for hydroxylation is 1. The number of nitrogens with zero attached hydrogens (tertiary/aromatic N) is 2. The Morgan fingerprint density at radius 2 is 1.63 bits per heavy atom. The van der Waals surface area contributed by atoms with Crippen LogP contribution in [-0.2, 0) is 7.05 Å². The topological polar surface area (TPSA) is 43.8 Å². The van der Waals surface area contributed by atoms with Crippen LogP contribution in [0.2, 0.25) is 0 Å². The summed E-state index contributed by atoms with van der Waals surface area (Å²) in [6.45, 7) is 0. The van der Waals surface area contributed by atoms with Crippen LogP contribution < -0.4 is 5.73 Å². The molecule has 19 heavy (non-hydrogen) atoms. The molecule has 3 heteroatoms. The van der Waals surface area contributed by atoms with Crippen LogP contribution in [0, 0.1) is 0 Å².